The lowest BCUT2D eigenvalue weighted by Crippen LogP contribution is -1.97. The van der Waals surface area contributed by atoms with E-state index >= 15 is 0 Å². The summed E-state index contributed by atoms with van der Waals surface area (Å²) in [5, 5.41) is 0. The highest BCUT2D eigenvalue weighted by molar-refractivity contribution is 5.91. The number of ether oxygens (including phenoxy) is 1. The minimum Gasteiger partial charge on any atom is -0.497 e. The van der Waals surface area contributed by atoms with E-state index in [0.29, 0.717) is 0 Å². The van der Waals surface area contributed by atoms with Gasteiger partial charge in [-0.05, 0) is 82.0 Å². The van der Waals surface area contributed by atoms with Crippen molar-refractivity contribution < 1.29 is 4.74 Å². The first-order valence-electron chi connectivity index (χ1n) is 10.3. The van der Waals surface area contributed by atoms with Crippen LogP contribution in [0.5, 0.6) is 5.75 Å². The topological polar surface area (TPSA) is 9.23 Å². The van der Waals surface area contributed by atoms with E-state index in [-0.39, 0.29) is 0 Å². The van der Waals surface area contributed by atoms with Gasteiger partial charge in [0.15, 0.2) is 0 Å². The Labute approximate surface area is 172 Å². The third-order valence-corrected chi connectivity index (χ3v) is 5.95. The number of hydrogen-bond acceptors (Lipinski definition) is 1. The Bertz CT molecular complexity index is 1130. The van der Waals surface area contributed by atoms with Crippen LogP contribution in [0.3, 0.4) is 0 Å². The first-order valence-corrected chi connectivity index (χ1v) is 10.3. The van der Waals surface area contributed by atoms with E-state index < -0.39 is 0 Å². The van der Waals surface area contributed by atoms with Gasteiger partial charge in [-0.3, -0.25) is 0 Å². The molecule has 5 rings (SSSR count). The normalized spacial score (nSPS) is 12.6. The lowest BCUT2D eigenvalue weighted by molar-refractivity contribution is 0.415. The molecule has 0 radical (unpaired) electrons. The predicted octanol–water partition coefficient (Wildman–Crippen LogP) is 7.18. The van der Waals surface area contributed by atoms with Gasteiger partial charge < -0.3 is 4.74 Å². The molecule has 1 heteroatoms. The minimum atomic E-state index is 0.888. The summed E-state index contributed by atoms with van der Waals surface area (Å²) in [6.07, 6.45) is 3.52. The minimum absolute atomic E-state index is 0.888. The van der Waals surface area contributed by atoms with Crippen molar-refractivity contribution in [3.63, 3.8) is 0 Å². The van der Waals surface area contributed by atoms with Crippen LogP contribution in [0.25, 0.3) is 33.4 Å². The Morgan fingerprint density at radius 2 is 1.17 bits per heavy atom. The van der Waals surface area contributed by atoms with Gasteiger partial charge >= 0.3 is 0 Å². The molecular weight excluding hydrogens is 352 g/mol. The summed E-state index contributed by atoms with van der Waals surface area (Å²) in [7, 11) is 1.72. The quantitative estimate of drug-likeness (QED) is 0.366. The second-order valence-corrected chi connectivity index (χ2v) is 7.62. The summed E-state index contributed by atoms with van der Waals surface area (Å²) in [6, 6.07) is 32.5. The maximum atomic E-state index is 5.39. The van der Waals surface area contributed by atoms with E-state index in [0.717, 1.165) is 18.6 Å². The van der Waals surface area contributed by atoms with Gasteiger partial charge in [-0.25, -0.2) is 0 Å². The zero-order valence-corrected chi connectivity index (χ0v) is 16.7. The van der Waals surface area contributed by atoms with Crippen LogP contribution in [0.2, 0.25) is 0 Å². The average Bonchev–Trinajstić information content (AvgIpc) is 3.29. The summed E-state index contributed by atoms with van der Waals surface area (Å²) in [5.74, 6) is 0.888. The highest BCUT2D eigenvalue weighted by atomic mass is 16.5. The average molecular weight is 376 g/mol. The SMILES string of the molecule is COc1ccc(-c2cc(-c3ccccc3)c3c(c2-c2ccccc2)CCC3)cc1. The van der Waals surface area contributed by atoms with Gasteiger partial charge in [0.25, 0.3) is 0 Å². The third-order valence-electron chi connectivity index (χ3n) is 5.95. The van der Waals surface area contributed by atoms with Gasteiger partial charge in [-0.15, -0.1) is 0 Å². The molecule has 0 saturated carbocycles. The summed E-state index contributed by atoms with van der Waals surface area (Å²) in [4.78, 5) is 0. The molecular formula is C28H24O. The van der Waals surface area contributed by atoms with Crippen molar-refractivity contribution in [3.05, 3.63) is 102 Å². The van der Waals surface area contributed by atoms with Crippen LogP contribution >= 0.6 is 0 Å². The van der Waals surface area contributed by atoms with Crippen molar-refractivity contribution in [1.82, 2.24) is 0 Å². The molecule has 0 amide bonds. The van der Waals surface area contributed by atoms with Gasteiger partial charge in [0.2, 0.25) is 0 Å². The second kappa shape index (κ2) is 7.60. The molecule has 4 aromatic carbocycles. The van der Waals surface area contributed by atoms with Gasteiger partial charge in [0.1, 0.15) is 5.75 Å². The molecule has 0 fully saturated rings. The smallest absolute Gasteiger partial charge is 0.118 e. The van der Waals surface area contributed by atoms with Crippen molar-refractivity contribution in [1.29, 1.82) is 0 Å². The van der Waals surface area contributed by atoms with Crippen molar-refractivity contribution in [2.45, 2.75) is 19.3 Å². The molecule has 0 atom stereocenters. The van der Waals surface area contributed by atoms with Crippen molar-refractivity contribution in [2.24, 2.45) is 0 Å². The Balaban J connectivity index is 1.81. The number of benzene rings is 4. The first-order chi connectivity index (χ1) is 14.3. The summed E-state index contributed by atoms with van der Waals surface area (Å²) in [6.45, 7) is 0. The van der Waals surface area contributed by atoms with E-state index in [1.165, 1.54) is 50.9 Å². The summed E-state index contributed by atoms with van der Waals surface area (Å²) < 4.78 is 5.39. The van der Waals surface area contributed by atoms with E-state index in [9.17, 15) is 0 Å². The zero-order valence-electron chi connectivity index (χ0n) is 16.7. The molecule has 142 valence electrons. The Kier molecular flexibility index (Phi) is 4.65. The molecule has 0 bridgehead atoms. The van der Waals surface area contributed by atoms with Crippen LogP contribution in [0, 0.1) is 0 Å². The second-order valence-electron chi connectivity index (χ2n) is 7.62. The molecule has 0 N–H and O–H groups in total. The van der Waals surface area contributed by atoms with Crippen LogP contribution in [0.15, 0.2) is 91.0 Å². The maximum absolute atomic E-state index is 5.39. The Hall–Kier alpha value is -3.32. The fraction of sp³-hybridized carbons (Fsp3) is 0.143. The molecule has 0 spiro atoms. The molecule has 0 aliphatic heterocycles. The maximum Gasteiger partial charge on any atom is 0.118 e. The number of rotatable bonds is 4. The molecule has 1 nitrogen and oxygen atoms in total. The van der Waals surface area contributed by atoms with E-state index in [4.69, 9.17) is 4.74 Å². The number of fused-ring (bicyclic) bond motifs is 1. The van der Waals surface area contributed by atoms with Crippen LogP contribution in [-0.2, 0) is 12.8 Å². The van der Waals surface area contributed by atoms with Crippen LogP contribution in [-0.4, -0.2) is 7.11 Å². The van der Waals surface area contributed by atoms with Gasteiger partial charge in [-0.2, -0.15) is 0 Å². The molecule has 0 aromatic heterocycles. The monoisotopic (exact) mass is 376 g/mol. The Morgan fingerprint density at radius 1 is 0.586 bits per heavy atom. The Morgan fingerprint density at radius 3 is 1.83 bits per heavy atom. The highest BCUT2D eigenvalue weighted by Crippen LogP contribution is 2.45. The van der Waals surface area contributed by atoms with Crippen LogP contribution in [0.4, 0.5) is 0 Å². The highest BCUT2D eigenvalue weighted by Gasteiger charge is 2.24. The number of methoxy groups -OCH3 is 1. The van der Waals surface area contributed by atoms with E-state index in [2.05, 4.69) is 91.0 Å². The largest absolute Gasteiger partial charge is 0.497 e. The van der Waals surface area contributed by atoms with E-state index in [1.54, 1.807) is 7.11 Å². The third kappa shape index (κ3) is 3.23. The van der Waals surface area contributed by atoms with Crippen LogP contribution in [0.1, 0.15) is 17.5 Å². The summed E-state index contributed by atoms with van der Waals surface area (Å²) in [5.41, 5.74) is 11.0. The lowest BCUT2D eigenvalue weighted by atomic mass is 9.84. The molecule has 1 aliphatic rings. The van der Waals surface area contributed by atoms with Gasteiger partial charge in [-0.1, -0.05) is 72.8 Å². The molecule has 4 aromatic rings. The van der Waals surface area contributed by atoms with Gasteiger partial charge in [0.05, 0.1) is 7.11 Å². The van der Waals surface area contributed by atoms with Crippen molar-refractivity contribution >= 4 is 0 Å². The number of hydrogen-bond donors (Lipinski definition) is 0. The van der Waals surface area contributed by atoms with Crippen molar-refractivity contribution in [3.8, 4) is 39.1 Å². The fourth-order valence-electron chi connectivity index (χ4n) is 4.59. The van der Waals surface area contributed by atoms with Crippen LogP contribution < -0.4 is 4.74 Å². The van der Waals surface area contributed by atoms with Crippen molar-refractivity contribution in [2.75, 3.05) is 7.11 Å². The first kappa shape index (κ1) is 17.8. The molecule has 29 heavy (non-hydrogen) atoms. The molecule has 0 saturated heterocycles. The predicted molar refractivity (Wildman–Crippen MR) is 121 cm³/mol. The fourth-order valence-corrected chi connectivity index (χ4v) is 4.59. The zero-order chi connectivity index (χ0) is 19.6. The lowest BCUT2D eigenvalue weighted by Gasteiger charge is -2.20. The molecule has 1 aliphatic carbocycles. The van der Waals surface area contributed by atoms with Gasteiger partial charge in [0, 0.05) is 0 Å². The standard InChI is InChI=1S/C28H24O/c1-29-23-17-15-21(16-18-23)27-19-26(20-9-4-2-5-10-20)24-13-8-14-25(24)28(27)22-11-6-3-7-12-22/h2-7,9-12,15-19H,8,13-14H2,1H3. The molecule has 0 heterocycles. The summed E-state index contributed by atoms with van der Waals surface area (Å²) >= 11 is 0. The van der Waals surface area contributed by atoms with E-state index in [1.807, 2.05) is 0 Å². The molecule has 0 unspecified atom stereocenters.